The zero-order valence-electron chi connectivity index (χ0n) is 21.1. The van der Waals surface area contributed by atoms with Gasteiger partial charge < -0.3 is 25.7 Å². The molecular formula is C26H20N8O7. The van der Waals surface area contributed by atoms with Crippen LogP contribution in [-0.2, 0) is 0 Å². The van der Waals surface area contributed by atoms with Gasteiger partial charge >= 0.3 is 11.9 Å². The van der Waals surface area contributed by atoms with Gasteiger partial charge in [0.2, 0.25) is 0 Å². The van der Waals surface area contributed by atoms with Crippen LogP contribution >= 0.6 is 0 Å². The Hall–Kier alpha value is -6.12. The summed E-state index contributed by atoms with van der Waals surface area (Å²) < 4.78 is 2.46. The monoisotopic (exact) mass is 556 g/mol. The summed E-state index contributed by atoms with van der Waals surface area (Å²) in [7, 11) is 0. The molecule has 5 rings (SSSR count). The molecule has 3 heterocycles. The lowest BCUT2D eigenvalue weighted by atomic mass is 10.1. The largest absolute Gasteiger partial charge is 0.506 e. The van der Waals surface area contributed by atoms with Crippen LogP contribution in [0.2, 0.25) is 0 Å². The zero-order valence-corrected chi connectivity index (χ0v) is 21.1. The number of benzene rings is 2. The summed E-state index contributed by atoms with van der Waals surface area (Å²) in [6, 6.07) is 10.5. The zero-order chi connectivity index (χ0) is 29.3. The Balaban J connectivity index is 1.54. The Labute approximate surface area is 230 Å². The number of carboxylic acids is 2. The molecule has 206 valence electrons. The second-order valence-corrected chi connectivity index (χ2v) is 8.60. The van der Waals surface area contributed by atoms with Gasteiger partial charge in [-0.15, -0.1) is 10.2 Å². The number of hydrogen-bond donors (Lipinski definition) is 5. The third-order valence-electron chi connectivity index (χ3n) is 5.87. The summed E-state index contributed by atoms with van der Waals surface area (Å²) in [5.41, 5.74) is 1.30. The van der Waals surface area contributed by atoms with Crippen molar-refractivity contribution in [2.45, 2.75) is 6.92 Å². The van der Waals surface area contributed by atoms with Gasteiger partial charge in [-0.25, -0.2) is 23.9 Å². The molecule has 0 saturated carbocycles. The topological polar surface area (TPSA) is 218 Å². The van der Waals surface area contributed by atoms with Gasteiger partial charge in [-0.1, -0.05) is 10.4 Å². The number of pyridine rings is 1. The van der Waals surface area contributed by atoms with Crippen molar-refractivity contribution in [2.75, 3.05) is 6.54 Å². The summed E-state index contributed by atoms with van der Waals surface area (Å²) in [6.45, 7) is 2.14. The highest BCUT2D eigenvalue weighted by Crippen LogP contribution is 2.28. The minimum atomic E-state index is -1.20. The molecule has 0 aliphatic heterocycles. The van der Waals surface area contributed by atoms with Gasteiger partial charge in [0.25, 0.3) is 5.91 Å². The number of nitrogens with zero attached hydrogens (tertiary/aromatic N) is 7. The third-order valence-corrected chi connectivity index (χ3v) is 5.87. The van der Waals surface area contributed by atoms with E-state index in [1.807, 2.05) is 0 Å². The van der Waals surface area contributed by atoms with Crippen LogP contribution < -0.4 is 5.32 Å². The van der Waals surface area contributed by atoms with Crippen molar-refractivity contribution in [2.24, 2.45) is 0 Å². The number of phenolic OH excluding ortho intramolecular Hbond substituents is 2. The van der Waals surface area contributed by atoms with Crippen LogP contribution in [0.1, 0.15) is 38.0 Å². The van der Waals surface area contributed by atoms with Crippen LogP contribution in [0.25, 0.3) is 34.2 Å². The van der Waals surface area contributed by atoms with Gasteiger partial charge in [-0.2, -0.15) is 0 Å². The Morgan fingerprint density at radius 1 is 0.707 bits per heavy atom. The van der Waals surface area contributed by atoms with Crippen LogP contribution in [0.3, 0.4) is 0 Å². The maximum Gasteiger partial charge on any atom is 0.335 e. The number of carbonyl (C=O) groups is 3. The Bertz CT molecular complexity index is 1710. The van der Waals surface area contributed by atoms with E-state index in [4.69, 9.17) is 10.2 Å². The maximum atomic E-state index is 12.7. The first-order valence-electron chi connectivity index (χ1n) is 11.9. The summed E-state index contributed by atoms with van der Waals surface area (Å²) in [5.74, 6) is -3.45. The number of carbonyl (C=O) groups excluding carboxylic acids is 1. The predicted molar refractivity (Wildman–Crippen MR) is 140 cm³/mol. The SMILES string of the molecule is CCNC(=O)c1cc(-c2cn(-c3ccc(C(=O)O)cc3O)nn2)nc(-c2cn(-c3ccc(C(=O)O)cc3O)nn2)c1. The molecule has 3 aromatic heterocycles. The quantitative estimate of drug-likeness (QED) is 0.186. The first kappa shape index (κ1) is 26.5. The van der Waals surface area contributed by atoms with Crippen LogP contribution in [0, 0.1) is 0 Å². The van der Waals surface area contributed by atoms with Crippen molar-refractivity contribution < 1.29 is 34.8 Å². The van der Waals surface area contributed by atoms with E-state index in [2.05, 4.69) is 30.9 Å². The second kappa shape index (κ2) is 10.6. The van der Waals surface area contributed by atoms with Crippen molar-refractivity contribution in [1.82, 2.24) is 40.3 Å². The van der Waals surface area contributed by atoms with Gasteiger partial charge in [0.1, 0.15) is 34.3 Å². The number of rotatable bonds is 8. The molecule has 2 aromatic carbocycles. The highest BCUT2D eigenvalue weighted by molar-refractivity contribution is 5.96. The molecule has 0 fully saturated rings. The minimum absolute atomic E-state index is 0.105. The van der Waals surface area contributed by atoms with Crippen LogP contribution in [0.15, 0.2) is 60.9 Å². The molecule has 0 radical (unpaired) electrons. The molecule has 5 N–H and O–H groups in total. The molecule has 5 aromatic rings. The van der Waals surface area contributed by atoms with E-state index < -0.39 is 11.9 Å². The number of aromatic carboxylic acids is 2. The first-order chi connectivity index (χ1) is 19.6. The Kier molecular flexibility index (Phi) is 6.82. The number of hydrogen-bond acceptors (Lipinski definition) is 10. The summed E-state index contributed by atoms with van der Waals surface area (Å²) in [6.07, 6.45) is 2.89. The van der Waals surface area contributed by atoms with Crippen LogP contribution in [0.4, 0.5) is 0 Å². The molecule has 0 atom stereocenters. The van der Waals surface area contributed by atoms with E-state index in [1.54, 1.807) is 6.92 Å². The number of aromatic nitrogens is 7. The predicted octanol–water partition coefficient (Wildman–Crippen LogP) is 2.13. The lowest BCUT2D eigenvalue weighted by molar-refractivity contribution is 0.0685. The van der Waals surface area contributed by atoms with E-state index >= 15 is 0 Å². The number of phenols is 2. The molecule has 0 aliphatic carbocycles. The second-order valence-electron chi connectivity index (χ2n) is 8.60. The summed E-state index contributed by atoms with van der Waals surface area (Å²) >= 11 is 0. The van der Waals surface area contributed by atoms with Crippen molar-refractivity contribution in [3.63, 3.8) is 0 Å². The highest BCUT2D eigenvalue weighted by atomic mass is 16.4. The van der Waals surface area contributed by atoms with Crippen LogP contribution in [0.5, 0.6) is 11.5 Å². The number of amides is 1. The van der Waals surface area contributed by atoms with E-state index in [0.29, 0.717) is 6.54 Å². The standard InChI is InChI=1S/C26H20N8O7/c1-2-27-24(37)15-7-16(18-11-33(31-29-18)20-5-3-13(25(38)39)9-22(20)35)28-17(8-15)19-12-34(32-30-19)21-6-4-14(26(40)41)10-23(21)36/h3-12,35-36H,2H2,1H3,(H,27,37)(H,38,39)(H,40,41). The fourth-order valence-corrected chi connectivity index (χ4v) is 3.88. The minimum Gasteiger partial charge on any atom is -0.506 e. The number of aromatic hydroxyl groups is 2. The lowest BCUT2D eigenvalue weighted by Crippen LogP contribution is -2.22. The average molecular weight is 556 g/mol. The molecule has 15 heteroatoms. The molecule has 0 unspecified atom stereocenters. The molecule has 0 spiro atoms. The molecule has 0 aliphatic rings. The smallest absolute Gasteiger partial charge is 0.335 e. The number of nitrogens with one attached hydrogen (secondary N) is 1. The van der Waals surface area contributed by atoms with E-state index in [9.17, 15) is 24.6 Å². The highest BCUT2D eigenvalue weighted by Gasteiger charge is 2.18. The summed E-state index contributed by atoms with van der Waals surface area (Å²) in [5, 5.41) is 57.8. The van der Waals surface area contributed by atoms with Gasteiger partial charge in [-0.3, -0.25) is 4.79 Å². The molecule has 0 bridgehead atoms. The fourth-order valence-electron chi connectivity index (χ4n) is 3.88. The Morgan fingerprint density at radius 3 is 1.56 bits per heavy atom. The van der Waals surface area contributed by atoms with Gasteiger partial charge in [-0.05, 0) is 55.5 Å². The molecule has 15 nitrogen and oxygen atoms in total. The van der Waals surface area contributed by atoms with Crippen molar-refractivity contribution in [3.05, 3.63) is 77.6 Å². The Morgan fingerprint density at radius 2 is 1.17 bits per heavy atom. The lowest BCUT2D eigenvalue weighted by Gasteiger charge is -2.07. The summed E-state index contributed by atoms with van der Waals surface area (Å²) in [4.78, 5) is 39.7. The maximum absolute atomic E-state index is 12.7. The van der Waals surface area contributed by atoms with E-state index in [1.165, 1.54) is 58.2 Å². The van der Waals surface area contributed by atoms with Crippen molar-refractivity contribution in [1.29, 1.82) is 0 Å². The fraction of sp³-hybridized carbons (Fsp3) is 0.0769. The average Bonchev–Trinajstić information content (AvgIpc) is 3.63. The van der Waals surface area contributed by atoms with Gasteiger partial charge in [0, 0.05) is 12.1 Å². The number of carboxylic acid groups (broad SMARTS) is 2. The van der Waals surface area contributed by atoms with Crippen LogP contribution in [-0.4, -0.2) is 79.8 Å². The van der Waals surface area contributed by atoms with Crippen molar-refractivity contribution in [3.8, 4) is 45.6 Å². The molecule has 1 amide bonds. The van der Waals surface area contributed by atoms with Gasteiger partial charge in [0.05, 0.1) is 34.9 Å². The third kappa shape index (κ3) is 5.26. The van der Waals surface area contributed by atoms with E-state index in [-0.39, 0.29) is 68.2 Å². The van der Waals surface area contributed by atoms with E-state index in [0.717, 1.165) is 12.1 Å². The molecular weight excluding hydrogens is 536 g/mol. The normalized spacial score (nSPS) is 10.9. The van der Waals surface area contributed by atoms with Crippen molar-refractivity contribution >= 4 is 17.8 Å². The first-order valence-corrected chi connectivity index (χ1v) is 11.9. The molecule has 41 heavy (non-hydrogen) atoms. The van der Waals surface area contributed by atoms with Gasteiger partial charge in [0.15, 0.2) is 0 Å². The molecule has 0 saturated heterocycles.